The lowest BCUT2D eigenvalue weighted by molar-refractivity contribution is 0.0206. The number of aryl methyl sites for hydroxylation is 2. The summed E-state index contributed by atoms with van der Waals surface area (Å²) in [5.74, 6) is 0. The molecule has 0 atom stereocenters. The molecule has 1 saturated heterocycles. The smallest absolute Gasteiger partial charge is 0.275 e. The van der Waals surface area contributed by atoms with E-state index in [1.165, 1.54) is 5.56 Å². The lowest BCUT2D eigenvalue weighted by atomic mass is 9.99. The van der Waals surface area contributed by atoms with E-state index in [1.54, 1.807) is 4.68 Å². The Morgan fingerprint density at radius 3 is 2.54 bits per heavy atom. The SMILES string of the molecule is Cc1ccc(C)c(-c2nn(CN3CCOCC3)c(=O)c3ccccc23)c1. The molecule has 1 aliphatic rings. The fraction of sp³-hybridized carbons (Fsp3) is 0.333. The van der Waals surface area contributed by atoms with Gasteiger partial charge in [-0.3, -0.25) is 9.69 Å². The van der Waals surface area contributed by atoms with Gasteiger partial charge in [0.15, 0.2) is 0 Å². The normalized spacial score (nSPS) is 15.5. The van der Waals surface area contributed by atoms with Crippen LogP contribution in [0.3, 0.4) is 0 Å². The Balaban J connectivity index is 1.90. The van der Waals surface area contributed by atoms with Crippen LogP contribution in [0.4, 0.5) is 0 Å². The standard InChI is InChI=1S/C21H23N3O2/c1-15-7-8-16(2)19(13-15)20-17-5-3-4-6-18(17)21(25)24(22-20)14-23-9-11-26-12-10-23/h3-8,13H,9-12,14H2,1-2H3. The quantitative estimate of drug-likeness (QED) is 0.729. The second-order valence-electron chi connectivity index (χ2n) is 6.89. The van der Waals surface area contributed by atoms with Crippen LogP contribution < -0.4 is 5.56 Å². The molecule has 0 N–H and O–H groups in total. The first-order valence-electron chi connectivity index (χ1n) is 9.01. The van der Waals surface area contributed by atoms with Crippen molar-refractivity contribution in [2.24, 2.45) is 0 Å². The summed E-state index contributed by atoms with van der Waals surface area (Å²) in [5, 5.41) is 6.41. The highest BCUT2D eigenvalue weighted by molar-refractivity contribution is 5.94. The summed E-state index contributed by atoms with van der Waals surface area (Å²) in [5.41, 5.74) is 4.25. The topological polar surface area (TPSA) is 47.4 Å². The summed E-state index contributed by atoms with van der Waals surface area (Å²) in [6, 6.07) is 14.1. The van der Waals surface area contributed by atoms with Crippen molar-refractivity contribution < 1.29 is 4.74 Å². The van der Waals surface area contributed by atoms with Crippen molar-refractivity contribution in [2.45, 2.75) is 20.5 Å². The third kappa shape index (κ3) is 3.16. The second kappa shape index (κ2) is 7.02. The summed E-state index contributed by atoms with van der Waals surface area (Å²) in [6.45, 7) is 7.69. The van der Waals surface area contributed by atoms with Crippen LogP contribution in [-0.4, -0.2) is 41.0 Å². The van der Waals surface area contributed by atoms with E-state index in [2.05, 4.69) is 36.9 Å². The van der Waals surface area contributed by atoms with Gasteiger partial charge in [-0.15, -0.1) is 0 Å². The van der Waals surface area contributed by atoms with Gasteiger partial charge in [-0.2, -0.15) is 5.10 Å². The van der Waals surface area contributed by atoms with Gasteiger partial charge in [-0.1, -0.05) is 35.9 Å². The van der Waals surface area contributed by atoms with E-state index >= 15 is 0 Å². The van der Waals surface area contributed by atoms with Gasteiger partial charge in [-0.25, -0.2) is 4.68 Å². The fourth-order valence-corrected chi connectivity index (χ4v) is 3.45. The van der Waals surface area contributed by atoms with Crippen molar-refractivity contribution in [3.63, 3.8) is 0 Å². The lowest BCUT2D eigenvalue weighted by Gasteiger charge is -2.27. The maximum atomic E-state index is 13.0. The summed E-state index contributed by atoms with van der Waals surface area (Å²) < 4.78 is 7.01. The molecule has 134 valence electrons. The van der Waals surface area contributed by atoms with Crippen molar-refractivity contribution in [3.8, 4) is 11.3 Å². The first kappa shape index (κ1) is 16.9. The summed E-state index contributed by atoms with van der Waals surface area (Å²) in [4.78, 5) is 15.2. The molecule has 2 aromatic carbocycles. The number of morpholine rings is 1. The number of fused-ring (bicyclic) bond motifs is 1. The Morgan fingerprint density at radius 1 is 1.04 bits per heavy atom. The highest BCUT2D eigenvalue weighted by atomic mass is 16.5. The van der Waals surface area contributed by atoms with Crippen LogP contribution in [-0.2, 0) is 11.4 Å². The monoisotopic (exact) mass is 349 g/mol. The van der Waals surface area contributed by atoms with Crippen LogP contribution in [0.15, 0.2) is 47.3 Å². The molecule has 0 aliphatic carbocycles. The Morgan fingerprint density at radius 2 is 1.77 bits per heavy atom. The molecule has 0 saturated carbocycles. The second-order valence-corrected chi connectivity index (χ2v) is 6.89. The Bertz CT molecular complexity index is 1000. The molecule has 2 heterocycles. The minimum absolute atomic E-state index is 0.0406. The molecule has 0 bridgehead atoms. The molecule has 0 radical (unpaired) electrons. The number of rotatable bonds is 3. The molecule has 3 aromatic rings. The number of aromatic nitrogens is 2. The van der Waals surface area contributed by atoms with Gasteiger partial charge in [0.05, 0.1) is 31.0 Å². The molecule has 1 fully saturated rings. The van der Waals surface area contributed by atoms with E-state index < -0.39 is 0 Å². The van der Waals surface area contributed by atoms with E-state index in [0.717, 1.165) is 35.3 Å². The Hall–Kier alpha value is -2.50. The summed E-state index contributed by atoms with van der Waals surface area (Å²) >= 11 is 0. The largest absolute Gasteiger partial charge is 0.379 e. The molecule has 5 nitrogen and oxygen atoms in total. The molecule has 0 spiro atoms. The maximum absolute atomic E-state index is 13.0. The van der Waals surface area contributed by atoms with Crippen LogP contribution in [0.1, 0.15) is 11.1 Å². The molecule has 0 unspecified atom stereocenters. The van der Waals surface area contributed by atoms with E-state index in [1.807, 2.05) is 24.3 Å². The van der Waals surface area contributed by atoms with Gasteiger partial charge in [0.1, 0.15) is 0 Å². The van der Waals surface area contributed by atoms with E-state index in [-0.39, 0.29) is 5.56 Å². The summed E-state index contributed by atoms with van der Waals surface area (Å²) in [6.07, 6.45) is 0. The van der Waals surface area contributed by atoms with Gasteiger partial charge in [0.2, 0.25) is 0 Å². The van der Waals surface area contributed by atoms with Crippen molar-refractivity contribution in [1.29, 1.82) is 0 Å². The lowest BCUT2D eigenvalue weighted by Crippen LogP contribution is -2.40. The third-order valence-corrected chi connectivity index (χ3v) is 4.95. The molecule has 26 heavy (non-hydrogen) atoms. The van der Waals surface area contributed by atoms with Crippen LogP contribution in [0, 0.1) is 13.8 Å². The van der Waals surface area contributed by atoms with Crippen molar-refractivity contribution >= 4 is 10.8 Å². The first-order chi connectivity index (χ1) is 12.6. The number of hydrogen-bond donors (Lipinski definition) is 0. The molecular weight excluding hydrogens is 326 g/mol. The van der Waals surface area contributed by atoms with Crippen molar-refractivity contribution in [3.05, 3.63) is 63.9 Å². The minimum atomic E-state index is -0.0406. The third-order valence-electron chi connectivity index (χ3n) is 4.95. The zero-order chi connectivity index (χ0) is 18.1. The molecule has 1 aromatic heterocycles. The number of ether oxygens (including phenoxy) is 1. The van der Waals surface area contributed by atoms with Gasteiger partial charge in [0.25, 0.3) is 5.56 Å². The molecule has 5 heteroatoms. The van der Waals surface area contributed by atoms with E-state index in [4.69, 9.17) is 9.84 Å². The molecular formula is C21H23N3O2. The number of hydrogen-bond acceptors (Lipinski definition) is 4. The van der Waals surface area contributed by atoms with Gasteiger partial charge < -0.3 is 4.74 Å². The zero-order valence-electron chi connectivity index (χ0n) is 15.2. The average molecular weight is 349 g/mol. The van der Waals surface area contributed by atoms with E-state index in [9.17, 15) is 4.79 Å². The van der Waals surface area contributed by atoms with Gasteiger partial charge in [0, 0.05) is 24.0 Å². The molecule has 1 aliphatic heterocycles. The predicted octanol–water partition coefficient (Wildman–Crippen LogP) is 2.97. The molecule has 4 rings (SSSR count). The number of benzene rings is 2. The van der Waals surface area contributed by atoms with Gasteiger partial charge >= 0.3 is 0 Å². The Kier molecular flexibility index (Phi) is 4.57. The van der Waals surface area contributed by atoms with Crippen LogP contribution >= 0.6 is 0 Å². The number of nitrogens with zero attached hydrogens (tertiary/aromatic N) is 3. The highest BCUT2D eigenvalue weighted by Gasteiger charge is 2.17. The van der Waals surface area contributed by atoms with E-state index in [0.29, 0.717) is 25.3 Å². The van der Waals surface area contributed by atoms with Crippen LogP contribution in [0.2, 0.25) is 0 Å². The fourth-order valence-electron chi connectivity index (χ4n) is 3.45. The van der Waals surface area contributed by atoms with Crippen LogP contribution in [0.5, 0.6) is 0 Å². The first-order valence-corrected chi connectivity index (χ1v) is 9.01. The van der Waals surface area contributed by atoms with Crippen LogP contribution in [0.25, 0.3) is 22.0 Å². The zero-order valence-corrected chi connectivity index (χ0v) is 15.2. The van der Waals surface area contributed by atoms with Gasteiger partial charge in [-0.05, 0) is 31.5 Å². The summed E-state index contributed by atoms with van der Waals surface area (Å²) in [7, 11) is 0. The van der Waals surface area contributed by atoms with Crippen molar-refractivity contribution in [1.82, 2.24) is 14.7 Å². The highest BCUT2D eigenvalue weighted by Crippen LogP contribution is 2.28. The molecule has 0 amide bonds. The van der Waals surface area contributed by atoms with Crippen molar-refractivity contribution in [2.75, 3.05) is 26.3 Å². The minimum Gasteiger partial charge on any atom is -0.379 e. The maximum Gasteiger partial charge on any atom is 0.275 e. The average Bonchev–Trinajstić information content (AvgIpc) is 2.67. The predicted molar refractivity (Wildman–Crippen MR) is 103 cm³/mol. The Labute approximate surface area is 152 Å².